The zero-order valence-corrected chi connectivity index (χ0v) is 16.7. The summed E-state index contributed by atoms with van der Waals surface area (Å²) >= 11 is 1.68. The van der Waals surface area contributed by atoms with Gasteiger partial charge in [-0.05, 0) is 44.6 Å². The summed E-state index contributed by atoms with van der Waals surface area (Å²) in [4.78, 5) is 0. The van der Waals surface area contributed by atoms with Crippen LogP contribution < -0.4 is 0 Å². The summed E-state index contributed by atoms with van der Waals surface area (Å²) in [5.74, 6) is 1.34. The molecule has 0 radical (unpaired) electrons. The van der Waals surface area contributed by atoms with Gasteiger partial charge in [-0.15, -0.1) is 0 Å². The maximum Gasteiger partial charge on any atom is 0.500 e. The van der Waals surface area contributed by atoms with Gasteiger partial charge in [-0.2, -0.15) is 20.2 Å². The Bertz CT molecular complexity index is 360. The highest BCUT2D eigenvalue weighted by Crippen LogP contribution is 2.20. The quantitative estimate of drug-likeness (QED) is 0.284. The number of rotatable bonds is 14. The van der Waals surface area contributed by atoms with E-state index in [-0.39, 0.29) is 11.7 Å². The smallest absolute Gasteiger partial charge is 0.374 e. The number of thioether (sulfide) groups is 1. The minimum atomic E-state index is -3.88. The second kappa shape index (κ2) is 11.8. The van der Waals surface area contributed by atoms with Crippen molar-refractivity contribution < 1.29 is 26.2 Å². The van der Waals surface area contributed by atoms with Crippen LogP contribution in [0.3, 0.4) is 0 Å². The Morgan fingerprint density at radius 1 is 1.09 bits per heavy atom. The minimum absolute atomic E-state index is 0.0623. The summed E-state index contributed by atoms with van der Waals surface area (Å²) < 4.78 is 47.7. The van der Waals surface area contributed by atoms with Crippen LogP contribution in [-0.2, 0) is 23.4 Å². The molecule has 22 heavy (non-hydrogen) atoms. The van der Waals surface area contributed by atoms with Crippen molar-refractivity contribution in [2.24, 2.45) is 5.92 Å². The first-order valence-corrected chi connectivity index (χ1v) is 12.4. The third kappa shape index (κ3) is 11.0. The normalized spacial score (nSPS) is 14.2. The van der Waals surface area contributed by atoms with Crippen molar-refractivity contribution in [2.45, 2.75) is 40.2 Å². The molecule has 0 amide bonds. The molecule has 0 bridgehead atoms. The highest BCUT2D eigenvalue weighted by Gasteiger charge is 2.39. The van der Waals surface area contributed by atoms with Crippen molar-refractivity contribution in [2.75, 3.05) is 37.1 Å². The monoisotopic (exact) mass is 374 g/mol. The van der Waals surface area contributed by atoms with E-state index in [1.807, 2.05) is 27.7 Å². The molecule has 0 aromatic heterocycles. The van der Waals surface area contributed by atoms with Gasteiger partial charge < -0.3 is 13.3 Å². The van der Waals surface area contributed by atoms with Crippen molar-refractivity contribution in [3.8, 4) is 0 Å². The van der Waals surface area contributed by atoms with Crippen LogP contribution in [-0.4, -0.2) is 58.9 Å². The Kier molecular flexibility index (Phi) is 12.0. The first-order chi connectivity index (χ1) is 10.3. The maximum atomic E-state index is 10.8. The third-order valence-corrected chi connectivity index (χ3v) is 8.29. The molecule has 0 heterocycles. The Hall–Kier alpha value is 0.357. The van der Waals surface area contributed by atoms with E-state index >= 15 is 0 Å². The van der Waals surface area contributed by atoms with E-state index in [9.17, 15) is 8.42 Å². The predicted molar refractivity (Wildman–Crippen MR) is 93.0 cm³/mol. The average molecular weight is 375 g/mol. The largest absolute Gasteiger partial charge is 0.500 e. The van der Waals surface area contributed by atoms with Gasteiger partial charge in [-0.1, -0.05) is 6.92 Å². The molecule has 1 N–H and O–H groups in total. The van der Waals surface area contributed by atoms with Gasteiger partial charge >= 0.3 is 8.80 Å². The van der Waals surface area contributed by atoms with Crippen LogP contribution in [0.2, 0.25) is 6.04 Å². The topological polar surface area (TPSA) is 82.1 Å². The van der Waals surface area contributed by atoms with E-state index < -0.39 is 18.9 Å². The second-order valence-corrected chi connectivity index (χ2v) is 10.4. The standard InChI is InChI=1S/C13H30O6S2Si/c1-5-17-22(18-6-2,19-7-3)10-8-9-20-11-13(4)12-21(14,15)16/h13H,5-12H2,1-4H3,(H,14,15,16). The molecule has 9 heteroatoms. The number of hydrogen-bond acceptors (Lipinski definition) is 6. The lowest BCUT2D eigenvalue weighted by Gasteiger charge is -2.28. The molecule has 1 unspecified atom stereocenters. The van der Waals surface area contributed by atoms with Gasteiger partial charge in [0.15, 0.2) is 0 Å². The van der Waals surface area contributed by atoms with Gasteiger partial charge in [0, 0.05) is 25.9 Å². The molecule has 0 aromatic rings. The molecule has 0 rings (SSSR count). The second-order valence-electron chi connectivity index (χ2n) is 5.01. The Labute approximate surface area is 140 Å². The Balaban J connectivity index is 4.12. The van der Waals surface area contributed by atoms with Gasteiger partial charge in [-0.25, -0.2) is 0 Å². The fourth-order valence-corrected chi connectivity index (χ4v) is 6.97. The zero-order valence-electron chi connectivity index (χ0n) is 14.0. The molecule has 0 spiro atoms. The summed E-state index contributed by atoms with van der Waals surface area (Å²) in [7, 11) is -6.44. The molecule has 134 valence electrons. The van der Waals surface area contributed by atoms with Crippen molar-refractivity contribution >= 4 is 30.7 Å². The summed E-state index contributed by atoms with van der Waals surface area (Å²) in [6.07, 6.45) is 0.898. The van der Waals surface area contributed by atoms with Crippen LogP contribution in [0.1, 0.15) is 34.1 Å². The van der Waals surface area contributed by atoms with Crippen molar-refractivity contribution in [1.82, 2.24) is 0 Å². The van der Waals surface area contributed by atoms with Crippen LogP contribution in [0.25, 0.3) is 0 Å². The van der Waals surface area contributed by atoms with Crippen LogP contribution in [0.15, 0.2) is 0 Å². The van der Waals surface area contributed by atoms with E-state index in [1.165, 1.54) is 0 Å². The van der Waals surface area contributed by atoms with E-state index in [1.54, 1.807) is 11.8 Å². The van der Waals surface area contributed by atoms with Gasteiger partial charge in [0.1, 0.15) is 0 Å². The molecule has 0 aromatic carbocycles. The van der Waals surface area contributed by atoms with E-state index in [0.29, 0.717) is 25.6 Å². The lowest BCUT2D eigenvalue weighted by Crippen LogP contribution is -2.46. The van der Waals surface area contributed by atoms with Gasteiger partial charge in [0.25, 0.3) is 10.1 Å². The Morgan fingerprint density at radius 2 is 1.59 bits per heavy atom. The molecular formula is C13H30O6S2Si. The van der Waals surface area contributed by atoms with E-state index in [0.717, 1.165) is 18.2 Å². The van der Waals surface area contributed by atoms with Crippen molar-refractivity contribution in [3.05, 3.63) is 0 Å². The minimum Gasteiger partial charge on any atom is -0.374 e. The first-order valence-electron chi connectivity index (χ1n) is 7.73. The highest BCUT2D eigenvalue weighted by molar-refractivity contribution is 7.99. The average Bonchev–Trinajstić information content (AvgIpc) is 2.37. The lowest BCUT2D eigenvalue weighted by molar-refractivity contribution is 0.0712. The predicted octanol–water partition coefficient (Wildman–Crippen LogP) is 2.68. The molecule has 0 aliphatic carbocycles. The first kappa shape index (κ1) is 22.4. The van der Waals surface area contributed by atoms with Crippen molar-refractivity contribution in [3.63, 3.8) is 0 Å². The molecule has 0 saturated carbocycles. The molecule has 0 aliphatic heterocycles. The van der Waals surface area contributed by atoms with Crippen LogP contribution in [0.5, 0.6) is 0 Å². The zero-order chi connectivity index (χ0) is 17.1. The molecular weight excluding hydrogens is 344 g/mol. The van der Waals surface area contributed by atoms with Crippen LogP contribution >= 0.6 is 11.8 Å². The van der Waals surface area contributed by atoms with Gasteiger partial charge in [0.2, 0.25) is 0 Å². The van der Waals surface area contributed by atoms with Crippen LogP contribution in [0, 0.1) is 5.92 Å². The summed E-state index contributed by atoms with van der Waals surface area (Å²) in [5, 5.41) is 0. The SMILES string of the molecule is CCO[Si](CCCSCC(C)CS(=O)(=O)O)(OCC)OCC. The van der Waals surface area contributed by atoms with Crippen LogP contribution in [0.4, 0.5) is 0 Å². The summed E-state index contributed by atoms with van der Waals surface area (Å²) in [6.45, 7) is 9.35. The molecule has 1 atom stereocenters. The fourth-order valence-electron chi connectivity index (χ4n) is 2.08. The molecule has 6 nitrogen and oxygen atoms in total. The summed E-state index contributed by atoms with van der Waals surface area (Å²) in [6, 6.07) is 0.766. The molecule has 0 fully saturated rings. The Morgan fingerprint density at radius 3 is 2.00 bits per heavy atom. The fraction of sp³-hybridized carbons (Fsp3) is 1.00. The maximum absolute atomic E-state index is 10.8. The molecule has 0 saturated heterocycles. The van der Waals surface area contributed by atoms with Gasteiger partial charge in [0.05, 0.1) is 5.75 Å². The third-order valence-electron chi connectivity index (χ3n) is 2.76. The van der Waals surface area contributed by atoms with E-state index in [2.05, 4.69) is 0 Å². The number of hydrogen-bond donors (Lipinski definition) is 1. The highest BCUT2D eigenvalue weighted by atomic mass is 32.2. The van der Waals surface area contributed by atoms with Crippen molar-refractivity contribution in [1.29, 1.82) is 0 Å². The van der Waals surface area contributed by atoms with Gasteiger partial charge in [-0.3, -0.25) is 4.55 Å². The lowest BCUT2D eigenvalue weighted by atomic mass is 10.3. The summed E-state index contributed by atoms with van der Waals surface area (Å²) in [5.41, 5.74) is 0. The molecule has 0 aliphatic rings. The van der Waals surface area contributed by atoms with E-state index in [4.69, 9.17) is 17.8 Å².